The molecule has 1 aliphatic heterocycles. The van der Waals surface area contributed by atoms with Gasteiger partial charge in [0.05, 0.1) is 12.2 Å². The van der Waals surface area contributed by atoms with Crippen molar-refractivity contribution in [1.29, 1.82) is 0 Å². The Hall–Kier alpha value is -0.600. The van der Waals surface area contributed by atoms with Crippen LogP contribution in [0.2, 0.25) is 0 Å². The number of hydrogen-bond donors (Lipinski definition) is 1. The summed E-state index contributed by atoms with van der Waals surface area (Å²) in [7, 11) is 0. The molecule has 2 nitrogen and oxygen atoms in total. The maximum atomic E-state index is 10.1. The van der Waals surface area contributed by atoms with E-state index in [1.54, 1.807) is 6.08 Å². The highest BCUT2D eigenvalue weighted by atomic mass is 16.5. The molecule has 0 radical (unpaired) electrons. The SMILES string of the molecule is C=C[C@@]1(O)CCOC[C@@H]1C(=C)C. The zero-order valence-electron chi connectivity index (χ0n) is 7.55. The van der Waals surface area contributed by atoms with Gasteiger partial charge in [0.25, 0.3) is 0 Å². The smallest absolute Gasteiger partial charge is 0.0933 e. The van der Waals surface area contributed by atoms with Gasteiger partial charge in [-0.3, -0.25) is 0 Å². The quantitative estimate of drug-likeness (QED) is 0.633. The molecule has 1 saturated heterocycles. The summed E-state index contributed by atoms with van der Waals surface area (Å²) in [6, 6.07) is 0. The summed E-state index contributed by atoms with van der Waals surface area (Å²) in [4.78, 5) is 0. The lowest BCUT2D eigenvalue weighted by atomic mass is 9.80. The first kappa shape index (κ1) is 9.49. The van der Waals surface area contributed by atoms with Crippen LogP contribution in [0.25, 0.3) is 0 Å². The number of hydrogen-bond acceptors (Lipinski definition) is 2. The zero-order chi connectivity index (χ0) is 9.19. The summed E-state index contributed by atoms with van der Waals surface area (Å²) in [5, 5.41) is 10.1. The molecule has 1 heterocycles. The van der Waals surface area contributed by atoms with Crippen molar-refractivity contribution in [3.05, 3.63) is 24.8 Å². The van der Waals surface area contributed by atoms with Gasteiger partial charge in [-0.1, -0.05) is 18.2 Å². The molecule has 2 atom stereocenters. The lowest BCUT2D eigenvalue weighted by molar-refractivity contribution is -0.0684. The van der Waals surface area contributed by atoms with Crippen LogP contribution in [0.15, 0.2) is 24.8 Å². The van der Waals surface area contributed by atoms with Gasteiger partial charge in [-0.15, -0.1) is 6.58 Å². The predicted octanol–water partition coefficient (Wildman–Crippen LogP) is 1.52. The Kier molecular flexibility index (Phi) is 2.70. The molecule has 0 amide bonds. The third-order valence-electron chi connectivity index (χ3n) is 2.48. The molecular weight excluding hydrogens is 152 g/mol. The van der Waals surface area contributed by atoms with Gasteiger partial charge in [-0.2, -0.15) is 0 Å². The second kappa shape index (κ2) is 3.42. The summed E-state index contributed by atoms with van der Waals surface area (Å²) < 4.78 is 5.27. The van der Waals surface area contributed by atoms with Crippen molar-refractivity contribution in [3.8, 4) is 0 Å². The third kappa shape index (κ3) is 1.59. The van der Waals surface area contributed by atoms with E-state index in [4.69, 9.17) is 4.74 Å². The van der Waals surface area contributed by atoms with E-state index in [9.17, 15) is 5.11 Å². The first-order valence-corrected chi connectivity index (χ1v) is 4.19. The Labute approximate surface area is 73.5 Å². The molecule has 1 fully saturated rings. The molecule has 68 valence electrons. The predicted molar refractivity (Wildman–Crippen MR) is 48.9 cm³/mol. The van der Waals surface area contributed by atoms with Gasteiger partial charge in [0, 0.05) is 18.9 Å². The first-order valence-electron chi connectivity index (χ1n) is 4.19. The maximum Gasteiger partial charge on any atom is 0.0933 e. The van der Waals surface area contributed by atoms with Crippen molar-refractivity contribution >= 4 is 0 Å². The van der Waals surface area contributed by atoms with Crippen molar-refractivity contribution in [1.82, 2.24) is 0 Å². The van der Waals surface area contributed by atoms with Gasteiger partial charge in [0.15, 0.2) is 0 Å². The normalized spacial score (nSPS) is 36.0. The Morgan fingerprint density at radius 1 is 1.75 bits per heavy atom. The molecule has 0 unspecified atom stereocenters. The molecule has 12 heavy (non-hydrogen) atoms. The Bertz CT molecular complexity index is 198. The molecule has 0 aromatic rings. The van der Waals surface area contributed by atoms with Crippen molar-refractivity contribution < 1.29 is 9.84 Å². The largest absolute Gasteiger partial charge is 0.385 e. The monoisotopic (exact) mass is 168 g/mol. The lowest BCUT2D eigenvalue weighted by Gasteiger charge is -2.37. The minimum atomic E-state index is -0.802. The van der Waals surface area contributed by atoms with Crippen molar-refractivity contribution in [3.63, 3.8) is 0 Å². The minimum Gasteiger partial charge on any atom is -0.385 e. The number of rotatable bonds is 2. The summed E-state index contributed by atoms with van der Waals surface area (Å²) in [5.41, 5.74) is 0.154. The molecular formula is C10H16O2. The fourth-order valence-electron chi connectivity index (χ4n) is 1.57. The zero-order valence-corrected chi connectivity index (χ0v) is 7.55. The summed E-state index contributed by atoms with van der Waals surface area (Å²) in [6.07, 6.45) is 2.23. The first-order chi connectivity index (χ1) is 5.60. The van der Waals surface area contributed by atoms with Gasteiger partial charge < -0.3 is 9.84 Å². The highest BCUT2D eigenvalue weighted by molar-refractivity contribution is 5.13. The number of ether oxygens (including phenoxy) is 1. The summed E-state index contributed by atoms with van der Waals surface area (Å²) in [5.74, 6) is 0.00347. The van der Waals surface area contributed by atoms with Crippen molar-refractivity contribution in [2.24, 2.45) is 5.92 Å². The van der Waals surface area contributed by atoms with Crippen LogP contribution >= 0.6 is 0 Å². The topological polar surface area (TPSA) is 29.5 Å². The van der Waals surface area contributed by atoms with Crippen LogP contribution in [-0.2, 0) is 4.74 Å². The van der Waals surface area contributed by atoms with Gasteiger partial charge in [-0.05, 0) is 6.92 Å². The minimum absolute atomic E-state index is 0.00347. The average molecular weight is 168 g/mol. The van der Waals surface area contributed by atoms with E-state index in [1.807, 2.05) is 6.92 Å². The fraction of sp³-hybridized carbons (Fsp3) is 0.600. The molecule has 1 N–H and O–H groups in total. The molecule has 2 heteroatoms. The van der Waals surface area contributed by atoms with E-state index in [0.29, 0.717) is 19.6 Å². The van der Waals surface area contributed by atoms with E-state index in [2.05, 4.69) is 13.2 Å². The molecule has 0 spiro atoms. The van der Waals surface area contributed by atoms with Gasteiger partial charge in [-0.25, -0.2) is 0 Å². The number of aliphatic hydroxyl groups is 1. The van der Waals surface area contributed by atoms with Crippen LogP contribution < -0.4 is 0 Å². The molecule has 1 aliphatic rings. The Balaban J connectivity index is 2.80. The van der Waals surface area contributed by atoms with Gasteiger partial charge in [0.1, 0.15) is 0 Å². The van der Waals surface area contributed by atoms with Crippen LogP contribution in [-0.4, -0.2) is 23.9 Å². The van der Waals surface area contributed by atoms with Crippen molar-refractivity contribution in [2.45, 2.75) is 18.9 Å². The van der Waals surface area contributed by atoms with Gasteiger partial charge >= 0.3 is 0 Å². The molecule has 0 aliphatic carbocycles. The summed E-state index contributed by atoms with van der Waals surface area (Å²) in [6.45, 7) is 10.5. The van der Waals surface area contributed by atoms with Crippen LogP contribution in [0.3, 0.4) is 0 Å². The maximum absolute atomic E-state index is 10.1. The summed E-state index contributed by atoms with van der Waals surface area (Å²) >= 11 is 0. The van der Waals surface area contributed by atoms with Crippen LogP contribution in [0.5, 0.6) is 0 Å². The Morgan fingerprint density at radius 2 is 2.42 bits per heavy atom. The van der Waals surface area contributed by atoms with Crippen LogP contribution in [0, 0.1) is 5.92 Å². The second-order valence-electron chi connectivity index (χ2n) is 3.42. The van der Waals surface area contributed by atoms with E-state index < -0.39 is 5.60 Å². The van der Waals surface area contributed by atoms with E-state index in [-0.39, 0.29) is 5.92 Å². The fourth-order valence-corrected chi connectivity index (χ4v) is 1.57. The van der Waals surface area contributed by atoms with Crippen LogP contribution in [0.1, 0.15) is 13.3 Å². The highest BCUT2D eigenvalue weighted by Crippen LogP contribution is 2.31. The standard InChI is InChI=1S/C10H16O2/c1-4-10(11)5-6-12-7-9(10)8(2)3/h4,9,11H,1-2,5-7H2,3H3/t9-,10-/m1/s1. The molecule has 0 bridgehead atoms. The van der Waals surface area contributed by atoms with Gasteiger partial charge in [0.2, 0.25) is 0 Å². The highest BCUT2D eigenvalue weighted by Gasteiger charge is 2.37. The van der Waals surface area contributed by atoms with Crippen LogP contribution in [0.4, 0.5) is 0 Å². The molecule has 0 aromatic carbocycles. The Morgan fingerprint density at radius 3 is 2.83 bits per heavy atom. The molecule has 0 saturated carbocycles. The van der Waals surface area contributed by atoms with E-state index >= 15 is 0 Å². The van der Waals surface area contributed by atoms with E-state index in [0.717, 1.165) is 5.57 Å². The average Bonchev–Trinajstić information content (AvgIpc) is 2.05. The van der Waals surface area contributed by atoms with Crippen molar-refractivity contribution in [2.75, 3.05) is 13.2 Å². The van der Waals surface area contributed by atoms with E-state index in [1.165, 1.54) is 0 Å². The lowest BCUT2D eigenvalue weighted by Crippen LogP contribution is -2.44. The molecule has 0 aromatic heterocycles. The molecule has 1 rings (SSSR count). The third-order valence-corrected chi connectivity index (χ3v) is 2.48. The second-order valence-corrected chi connectivity index (χ2v) is 3.42.